The molecule has 98 valence electrons. The van der Waals surface area contributed by atoms with Gasteiger partial charge in [0, 0.05) is 18.8 Å². The lowest BCUT2D eigenvalue weighted by Crippen LogP contribution is -2.18. The number of nitrogens with zero attached hydrogens (tertiary/aromatic N) is 1. The van der Waals surface area contributed by atoms with E-state index in [1.54, 1.807) is 6.07 Å². The van der Waals surface area contributed by atoms with E-state index in [1.165, 1.54) is 0 Å². The summed E-state index contributed by atoms with van der Waals surface area (Å²) in [5, 5.41) is 21.2. The van der Waals surface area contributed by atoms with Gasteiger partial charge in [0.15, 0.2) is 0 Å². The van der Waals surface area contributed by atoms with E-state index in [9.17, 15) is 9.90 Å². The van der Waals surface area contributed by atoms with Crippen LogP contribution in [0.4, 0.5) is 5.82 Å². The fourth-order valence-electron chi connectivity index (χ4n) is 2.11. The maximum atomic E-state index is 11.2. The van der Waals surface area contributed by atoms with Gasteiger partial charge in [-0.15, -0.1) is 0 Å². The second kappa shape index (κ2) is 5.35. The average molecular weight is 250 g/mol. The number of aliphatic hydroxyl groups excluding tert-OH is 1. The quantitative estimate of drug-likeness (QED) is 0.734. The first kappa shape index (κ1) is 12.8. The predicted octanol–water partition coefficient (Wildman–Crippen LogP) is 1.31. The van der Waals surface area contributed by atoms with Crippen LogP contribution in [-0.2, 0) is 12.8 Å². The molecule has 5 heteroatoms. The molecule has 0 aliphatic heterocycles. The topological polar surface area (TPSA) is 82.5 Å². The van der Waals surface area contributed by atoms with Gasteiger partial charge in [0.2, 0.25) is 0 Å². The molecule has 5 nitrogen and oxygen atoms in total. The molecule has 0 amide bonds. The van der Waals surface area contributed by atoms with E-state index in [0.717, 1.165) is 30.5 Å². The van der Waals surface area contributed by atoms with E-state index in [0.29, 0.717) is 12.4 Å². The fourth-order valence-corrected chi connectivity index (χ4v) is 2.11. The number of pyridine rings is 1. The van der Waals surface area contributed by atoms with Gasteiger partial charge in [-0.25, -0.2) is 9.78 Å². The van der Waals surface area contributed by atoms with Crippen molar-refractivity contribution in [2.24, 2.45) is 5.92 Å². The van der Waals surface area contributed by atoms with Gasteiger partial charge in [-0.3, -0.25) is 0 Å². The summed E-state index contributed by atoms with van der Waals surface area (Å²) in [5.74, 6) is -0.471. The number of aromatic nitrogens is 1. The Kier molecular flexibility index (Phi) is 3.81. The fraction of sp³-hybridized carbons (Fsp3) is 0.538. The van der Waals surface area contributed by atoms with Crippen molar-refractivity contribution >= 4 is 11.8 Å². The molecule has 18 heavy (non-hydrogen) atoms. The SMILES string of the molecule is CC(CO)CNc1nc2c(cc1C(=O)O)CCC2. The zero-order valence-electron chi connectivity index (χ0n) is 10.4. The van der Waals surface area contributed by atoms with Crippen LogP contribution in [0.5, 0.6) is 0 Å². The van der Waals surface area contributed by atoms with E-state index in [-0.39, 0.29) is 18.1 Å². The van der Waals surface area contributed by atoms with Crippen LogP contribution in [0.2, 0.25) is 0 Å². The summed E-state index contributed by atoms with van der Waals surface area (Å²) in [6.07, 6.45) is 2.87. The summed E-state index contributed by atoms with van der Waals surface area (Å²) in [6, 6.07) is 1.73. The summed E-state index contributed by atoms with van der Waals surface area (Å²) in [7, 11) is 0. The van der Waals surface area contributed by atoms with Crippen LogP contribution in [0.3, 0.4) is 0 Å². The number of hydrogen-bond acceptors (Lipinski definition) is 4. The maximum Gasteiger partial charge on any atom is 0.339 e. The lowest BCUT2D eigenvalue weighted by Gasteiger charge is -2.13. The minimum absolute atomic E-state index is 0.0698. The molecule has 1 atom stereocenters. The van der Waals surface area contributed by atoms with Crippen LogP contribution in [0.25, 0.3) is 0 Å². The molecule has 0 radical (unpaired) electrons. The highest BCUT2D eigenvalue weighted by atomic mass is 16.4. The van der Waals surface area contributed by atoms with Gasteiger partial charge < -0.3 is 15.5 Å². The van der Waals surface area contributed by atoms with Crippen molar-refractivity contribution in [1.82, 2.24) is 4.98 Å². The third-order valence-electron chi connectivity index (χ3n) is 3.21. The first-order valence-corrected chi connectivity index (χ1v) is 6.22. The van der Waals surface area contributed by atoms with Crippen LogP contribution >= 0.6 is 0 Å². The summed E-state index contributed by atoms with van der Waals surface area (Å²) in [4.78, 5) is 15.6. The highest BCUT2D eigenvalue weighted by Crippen LogP contribution is 2.25. The number of carbonyl (C=O) groups is 1. The van der Waals surface area contributed by atoms with Gasteiger partial charge in [-0.1, -0.05) is 6.92 Å². The lowest BCUT2D eigenvalue weighted by atomic mass is 10.1. The van der Waals surface area contributed by atoms with Crippen molar-refractivity contribution < 1.29 is 15.0 Å². The zero-order valence-corrected chi connectivity index (χ0v) is 10.4. The number of aromatic carboxylic acids is 1. The Morgan fingerprint density at radius 1 is 1.56 bits per heavy atom. The summed E-state index contributed by atoms with van der Waals surface area (Å²) in [6.45, 7) is 2.48. The van der Waals surface area contributed by atoms with Crippen molar-refractivity contribution in [2.45, 2.75) is 26.2 Å². The second-order valence-electron chi connectivity index (χ2n) is 4.82. The van der Waals surface area contributed by atoms with Gasteiger partial charge >= 0.3 is 5.97 Å². The third kappa shape index (κ3) is 2.61. The standard InChI is InChI=1S/C13H18N2O3/c1-8(7-16)6-14-12-10(13(17)18)5-9-3-2-4-11(9)15-12/h5,8,16H,2-4,6-7H2,1H3,(H,14,15)(H,17,18). The van der Waals surface area contributed by atoms with Crippen LogP contribution in [-0.4, -0.2) is 34.3 Å². The molecule has 0 saturated carbocycles. The van der Waals surface area contributed by atoms with Crippen LogP contribution in [0, 0.1) is 5.92 Å². The second-order valence-corrected chi connectivity index (χ2v) is 4.82. The molecular formula is C13H18N2O3. The molecule has 1 aliphatic rings. The minimum atomic E-state index is -0.962. The molecule has 1 aromatic rings. The number of carboxylic acid groups (broad SMARTS) is 1. The molecule has 1 aliphatic carbocycles. The van der Waals surface area contributed by atoms with E-state index >= 15 is 0 Å². The van der Waals surface area contributed by atoms with Gasteiger partial charge in [0.05, 0.1) is 0 Å². The molecular weight excluding hydrogens is 232 g/mol. The van der Waals surface area contributed by atoms with E-state index in [1.807, 2.05) is 6.92 Å². The van der Waals surface area contributed by atoms with Crippen molar-refractivity contribution in [3.8, 4) is 0 Å². The van der Waals surface area contributed by atoms with Crippen molar-refractivity contribution in [3.05, 3.63) is 22.9 Å². The van der Waals surface area contributed by atoms with E-state index in [2.05, 4.69) is 10.3 Å². The number of carboxylic acids is 1. The molecule has 1 aromatic heterocycles. The third-order valence-corrected chi connectivity index (χ3v) is 3.21. The number of aliphatic hydroxyl groups is 1. The number of anilines is 1. The summed E-state index contributed by atoms with van der Waals surface area (Å²) >= 11 is 0. The minimum Gasteiger partial charge on any atom is -0.478 e. The normalized spacial score (nSPS) is 15.2. The average Bonchev–Trinajstić information content (AvgIpc) is 2.81. The molecule has 0 spiro atoms. The van der Waals surface area contributed by atoms with Crippen LogP contribution in [0.15, 0.2) is 6.07 Å². The molecule has 2 rings (SSSR count). The molecule has 1 heterocycles. The highest BCUT2D eigenvalue weighted by molar-refractivity contribution is 5.93. The Morgan fingerprint density at radius 2 is 2.33 bits per heavy atom. The smallest absolute Gasteiger partial charge is 0.339 e. The Bertz CT molecular complexity index is 460. The Hall–Kier alpha value is -1.62. The number of hydrogen-bond donors (Lipinski definition) is 3. The molecule has 0 aromatic carbocycles. The molecule has 0 fully saturated rings. The number of aryl methyl sites for hydroxylation is 2. The number of rotatable bonds is 5. The largest absolute Gasteiger partial charge is 0.478 e. The first-order chi connectivity index (χ1) is 8.61. The Labute approximate surface area is 106 Å². The van der Waals surface area contributed by atoms with E-state index < -0.39 is 5.97 Å². The number of nitrogens with one attached hydrogen (secondary N) is 1. The predicted molar refractivity (Wildman–Crippen MR) is 68.0 cm³/mol. The van der Waals surface area contributed by atoms with Gasteiger partial charge in [-0.05, 0) is 36.8 Å². The van der Waals surface area contributed by atoms with Crippen molar-refractivity contribution in [1.29, 1.82) is 0 Å². The monoisotopic (exact) mass is 250 g/mol. The first-order valence-electron chi connectivity index (χ1n) is 6.22. The molecule has 0 saturated heterocycles. The summed E-state index contributed by atoms with van der Waals surface area (Å²) < 4.78 is 0. The molecule has 3 N–H and O–H groups in total. The van der Waals surface area contributed by atoms with Crippen molar-refractivity contribution in [2.75, 3.05) is 18.5 Å². The van der Waals surface area contributed by atoms with Crippen LogP contribution in [0.1, 0.15) is 35.0 Å². The van der Waals surface area contributed by atoms with Gasteiger partial charge in [0.1, 0.15) is 11.4 Å². The Morgan fingerprint density at radius 3 is 3.00 bits per heavy atom. The van der Waals surface area contributed by atoms with Gasteiger partial charge in [0.25, 0.3) is 0 Å². The molecule has 1 unspecified atom stereocenters. The van der Waals surface area contributed by atoms with E-state index in [4.69, 9.17) is 5.11 Å². The maximum absolute atomic E-state index is 11.2. The number of fused-ring (bicyclic) bond motifs is 1. The highest BCUT2D eigenvalue weighted by Gasteiger charge is 2.19. The lowest BCUT2D eigenvalue weighted by molar-refractivity contribution is 0.0697. The molecule has 0 bridgehead atoms. The zero-order chi connectivity index (χ0) is 13.1. The van der Waals surface area contributed by atoms with Crippen LogP contribution < -0.4 is 5.32 Å². The Balaban J connectivity index is 2.24. The summed E-state index contributed by atoms with van der Waals surface area (Å²) in [5.41, 5.74) is 2.27. The van der Waals surface area contributed by atoms with Crippen molar-refractivity contribution in [3.63, 3.8) is 0 Å². The van der Waals surface area contributed by atoms with Gasteiger partial charge in [-0.2, -0.15) is 0 Å².